The molecule has 0 unspecified atom stereocenters. The van der Waals surface area contributed by atoms with Crippen LogP contribution in [0.2, 0.25) is 0 Å². The highest BCUT2D eigenvalue weighted by molar-refractivity contribution is 5.44. The van der Waals surface area contributed by atoms with Gasteiger partial charge in [0.15, 0.2) is 0 Å². The summed E-state index contributed by atoms with van der Waals surface area (Å²) in [6, 6.07) is 11.5. The molecule has 1 aromatic heterocycles. The average Bonchev–Trinajstić information content (AvgIpc) is 2.41. The summed E-state index contributed by atoms with van der Waals surface area (Å²) in [5.74, 6) is 1.51. The van der Waals surface area contributed by atoms with E-state index in [1.807, 2.05) is 38.1 Å². The predicted molar refractivity (Wildman–Crippen MR) is 74.3 cm³/mol. The van der Waals surface area contributed by atoms with Crippen molar-refractivity contribution in [2.45, 2.75) is 27.2 Å². The van der Waals surface area contributed by atoms with Crippen molar-refractivity contribution < 1.29 is 4.74 Å². The van der Waals surface area contributed by atoms with Crippen molar-refractivity contribution in [3.63, 3.8) is 0 Å². The van der Waals surface area contributed by atoms with Gasteiger partial charge in [0.05, 0.1) is 17.3 Å². The van der Waals surface area contributed by atoms with Gasteiger partial charge in [-0.25, -0.2) is 0 Å². The zero-order chi connectivity index (χ0) is 13.8. The summed E-state index contributed by atoms with van der Waals surface area (Å²) < 4.78 is 5.86. The lowest BCUT2D eigenvalue weighted by molar-refractivity contribution is 0.472. The number of hydrogen-bond acceptors (Lipinski definition) is 3. The van der Waals surface area contributed by atoms with Crippen molar-refractivity contribution in [1.82, 2.24) is 4.98 Å². The third-order valence-corrected chi connectivity index (χ3v) is 2.95. The Bertz CT molecular complexity index is 642. The summed E-state index contributed by atoms with van der Waals surface area (Å²) in [6.07, 6.45) is 0.826. The van der Waals surface area contributed by atoms with Crippen molar-refractivity contribution in [2.75, 3.05) is 0 Å². The van der Waals surface area contributed by atoms with E-state index in [0.29, 0.717) is 5.56 Å². The molecule has 0 aliphatic carbocycles. The first-order valence-corrected chi connectivity index (χ1v) is 6.29. The van der Waals surface area contributed by atoms with Gasteiger partial charge in [0.25, 0.3) is 0 Å². The van der Waals surface area contributed by atoms with Crippen molar-refractivity contribution in [1.29, 1.82) is 5.26 Å². The highest BCUT2D eigenvalue weighted by Gasteiger charge is 2.06. The van der Waals surface area contributed by atoms with Crippen LogP contribution in [0.25, 0.3) is 0 Å². The second-order valence-corrected chi connectivity index (χ2v) is 4.44. The number of benzene rings is 1. The Kier molecular flexibility index (Phi) is 3.82. The van der Waals surface area contributed by atoms with Gasteiger partial charge in [-0.2, -0.15) is 5.26 Å². The molecule has 96 valence electrons. The van der Waals surface area contributed by atoms with Gasteiger partial charge in [-0.15, -0.1) is 0 Å². The number of hydrogen-bond donors (Lipinski definition) is 0. The molecule has 1 aromatic carbocycles. The summed E-state index contributed by atoms with van der Waals surface area (Å²) >= 11 is 0. The summed E-state index contributed by atoms with van der Waals surface area (Å²) in [4.78, 5) is 4.47. The minimum atomic E-state index is 0.671. The van der Waals surface area contributed by atoms with Gasteiger partial charge < -0.3 is 4.74 Å². The quantitative estimate of drug-likeness (QED) is 0.831. The fourth-order valence-electron chi connectivity index (χ4n) is 1.90. The van der Waals surface area contributed by atoms with Crippen LogP contribution in [0.3, 0.4) is 0 Å². The standard InChI is InChI=1S/C16H16N2O/c1-4-15-16(8-5-12(3)18-15)19-14-7-6-13(10-17)11(2)9-14/h5-9H,4H2,1-3H3. The van der Waals surface area contributed by atoms with Crippen molar-refractivity contribution in [3.8, 4) is 17.6 Å². The van der Waals surface area contributed by atoms with E-state index in [1.54, 1.807) is 6.07 Å². The SMILES string of the molecule is CCc1nc(C)ccc1Oc1ccc(C#N)c(C)c1. The summed E-state index contributed by atoms with van der Waals surface area (Å²) in [5.41, 5.74) is 3.52. The maximum Gasteiger partial charge on any atom is 0.148 e. The minimum absolute atomic E-state index is 0.671. The van der Waals surface area contributed by atoms with Gasteiger partial charge in [0, 0.05) is 5.69 Å². The lowest BCUT2D eigenvalue weighted by atomic mass is 10.1. The fourth-order valence-corrected chi connectivity index (χ4v) is 1.90. The third-order valence-electron chi connectivity index (χ3n) is 2.95. The number of nitrogens with zero attached hydrogens (tertiary/aromatic N) is 2. The molecular weight excluding hydrogens is 236 g/mol. The summed E-state index contributed by atoms with van der Waals surface area (Å²) in [7, 11) is 0. The van der Waals surface area contributed by atoms with E-state index >= 15 is 0 Å². The minimum Gasteiger partial charge on any atom is -0.455 e. The molecule has 0 radical (unpaired) electrons. The van der Waals surface area contributed by atoms with E-state index in [-0.39, 0.29) is 0 Å². The average molecular weight is 252 g/mol. The molecule has 0 saturated carbocycles. The number of nitriles is 1. The van der Waals surface area contributed by atoms with Gasteiger partial charge in [-0.1, -0.05) is 6.92 Å². The number of aromatic nitrogens is 1. The van der Waals surface area contributed by atoms with Crippen LogP contribution in [0.5, 0.6) is 11.5 Å². The van der Waals surface area contributed by atoms with Crippen LogP contribution in [-0.2, 0) is 6.42 Å². The Labute approximate surface area is 113 Å². The zero-order valence-electron chi connectivity index (χ0n) is 11.4. The first-order chi connectivity index (χ1) is 9.13. The number of ether oxygens (including phenoxy) is 1. The molecule has 0 bridgehead atoms. The van der Waals surface area contributed by atoms with E-state index in [0.717, 1.165) is 34.9 Å². The molecule has 0 N–H and O–H groups in total. The molecule has 0 spiro atoms. The lowest BCUT2D eigenvalue weighted by Gasteiger charge is -2.11. The third kappa shape index (κ3) is 2.92. The van der Waals surface area contributed by atoms with Crippen molar-refractivity contribution in [2.24, 2.45) is 0 Å². The van der Waals surface area contributed by atoms with E-state index in [9.17, 15) is 0 Å². The summed E-state index contributed by atoms with van der Waals surface area (Å²) in [6.45, 7) is 5.92. The monoisotopic (exact) mass is 252 g/mol. The predicted octanol–water partition coefficient (Wildman–Crippen LogP) is 3.92. The maximum absolute atomic E-state index is 8.91. The van der Waals surface area contributed by atoms with Gasteiger partial charge in [-0.3, -0.25) is 4.98 Å². The van der Waals surface area contributed by atoms with Crippen LogP contribution in [0.1, 0.15) is 29.4 Å². The Morgan fingerprint density at radius 3 is 2.63 bits per heavy atom. The van der Waals surface area contributed by atoms with Crippen LogP contribution in [0.15, 0.2) is 30.3 Å². The van der Waals surface area contributed by atoms with E-state index in [2.05, 4.69) is 18.0 Å². The largest absolute Gasteiger partial charge is 0.455 e. The Morgan fingerprint density at radius 2 is 2.00 bits per heavy atom. The van der Waals surface area contributed by atoms with Crippen molar-refractivity contribution in [3.05, 3.63) is 52.8 Å². The second kappa shape index (κ2) is 5.53. The normalized spacial score (nSPS) is 10.0. The number of rotatable bonds is 3. The van der Waals surface area contributed by atoms with Crippen molar-refractivity contribution >= 4 is 0 Å². The number of aryl methyl sites for hydroxylation is 3. The molecule has 0 amide bonds. The van der Waals surface area contributed by atoms with Gasteiger partial charge in [0.2, 0.25) is 0 Å². The van der Waals surface area contributed by atoms with Crippen LogP contribution in [0, 0.1) is 25.2 Å². The summed E-state index contributed by atoms with van der Waals surface area (Å²) in [5, 5.41) is 8.91. The van der Waals surface area contributed by atoms with E-state index in [1.165, 1.54) is 0 Å². The fraction of sp³-hybridized carbons (Fsp3) is 0.250. The van der Waals surface area contributed by atoms with E-state index < -0.39 is 0 Å². The first kappa shape index (κ1) is 13.1. The van der Waals surface area contributed by atoms with Gasteiger partial charge in [-0.05, 0) is 56.2 Å². The molecule has 0 atom stereocenters. The number of pyridine rings is 1. The highest BCUT2D eigenvalue weighted by atomic mass is 16.5. The van der Waals surface area contributed by atoms with Gasteiger partial charge in [0.1, 0.15) is 11.5 Å². The Balaban J connectivity index is 2.31. The molecule has 2 rings (SSSR count). The lowest BCUT2D eigenvalue weighted by Crippen LogP contribution is -1.96. The molecule has 0 fully saturated rings. The Morgan fingerprint density at radius 1 is 1.21 bits per heavy atom. The molecular formula is C16H16N2O. The topological polar surface area (TPSA) is 45.9 Å². The first-order valence-electron chi connectivity index (χ1n) is 6.29. The van der Waals surface area contributed by atoms with E-state index in [4.69, 9.17) is 10.00 Å². The molecule has 0 saturated heterocycles. The highest BCUT2D eigenvalue weighted by Crippen LogP contribution is 2.26. The molecule has 0 aliphatic rings. The second-order valence-electron chi connectivity index (χ2n) is 4.44. The molecule has 0 aliphatic heterocycles. The smallest absolute Gasteiger partial charge is 0.148 e. The van der Waals surface area contributed by atoms with Crippen LogP contribution >= 0.6 is 0 Å². The van der Waals surface area contributed by atoms with Crippen LogP contribution < -0.4 is 4.74 Å². The zero-order valence-corrected chi connectivity index (χ0v) is 11.4. The van der Waals surface area contributed by atoms with Gasteiger partial charge >= 0.3 is 0 Å². The molecule has 1 heterocycles. The Hall–Kier alpha value is -2.34. The molecule has 19 heavy (non-hydrogen) atoms. The molecule has 3 heteroatoms. The molecule has 3 nitrogen and oxygen atoms in total. The maximum atomic E-state index is 8.91. The van der Waals surface area contributed by atoms with Crippen LogP contribution in [-0.4, -0.2) is 4.98 Å². The van der Waals surface area contributed by atoms with Crippen LogP contribution in [0.4, 0.5) is 0 Å². The molecule has 2 aromatic rings.